The second-order valence-electron chi connectivity index (χ2n) is 3.70. The highest BCUT2D eigenvalue weighted by Crippen LogP contribution is 2.21. The number of hydrogen-bond acceptors (Lipinski definition) is 2. The second-order valence-corrected chi connectivity index (χ2v) is 4.55. The van der Waals surface area contributed by atoms with Gasteiger partial charge in [-0.2, -0.15) is 0 Å². The summed E-state index contributed by atoms with van der Waals surface area (Å²) >= 11 is 11.8. The van der Waals surface area contributed by atoms with E-state index < -0.39 is 0 Å². The summed E-state index contributed by atoms with van der Waals surface area (Å²) in [5, 5.41) is 3.58. The predicted octanol–water partition coefficient (Wildman–Crippen LogP) is 3.83. The molecule has 0 aromatic heterocycles. The molecule has 0 saturated heterocycles. The zero-order valence-corrected chi connectivity index (χ0v) is 10.8. The number of carbonyl (C=O) groups is 1. The van der Waals surface area contributed by atoms with E-state index in [9.17, 15) is 4.79 Å². The van der Waals surface area contributed by atoms with Crippen LogP contribution in [0.5, 0.6) is 0 Å². The van der Waals surface area contributed by atoms with Crippen molar-refractivity contribution in [2.45, 2.75) is 0 Å². The topological polar surface area (TPSA) is 55.1 Å². The molecule has 0 spiro atoms. The number of benzene rings is 2. The number of carbonyl (C=O) groups excluding carboxylic acids is 1. The molecule has 3 nitrogen and oxygen atoms in total. The van der Waals surface area contributed by atoms with Crippen molar-refractivity contribution in [3.63, 3.8) is 0 Å². The second kappa shape index (κ2) is 5.29. The number of amides is 1. The number of anilines is 2. The van der Waals surface area contributed by atoms with E-state index in [1.807, 2.05) is 0 Å². The molecule has 18 heavy (non-hydrogen) atoms. The van der Waals surface area contributed by atoms with Gasteiger partial charge in [0.15, 0.2) is 0 Å². The minimum atomic E-state index is -0.303. The Kier molecular flexibility index (Phi) is 3.75. The average Bonchev–Trinajstić information content (AvgIpc) is 2.28. The fourth-order valence-electron chi connectivity index (χ4n) is 1.48. The molecule has 92 valence electrons. The van der Waals surface area contributed by atoms with E-state index in [4.69, 9.17) is 28.9 Å². The van der Waals surface area contributed by atoms with Gasteiger partial charge in [-0.05, 0) is 36.4 Å². The molecule has 0 atom stereocenters. The van der Waals surface area contributed by atoms with Crippen molar-refractivity contribution in [1.82, 2.24) is 0 Å². The van der Waals surface area contributed by atoms with Crippen LogP contribution in [-0.2, 0) is 0 Å². The number of rotatable bonds is 2. The molecule has 0 aliphatic rings. The highest BCUT2D eigenvalue weighted by atomic mass is 35.5. The third kappa shape index (κ3) is 2.94. The Hall–Kier alpha value is -1.71. The summed E-state index contributed by atoms with van der Waals surface area (Å²) in [6.45, 7) is 0. The van der Waals surface area contributed by atoms with Gasteiger partial charge in [-0.1, -0.05) is 29.3 Å². The van der Waals surface area contributed by atoms with Crippen LogP contribution in [0.3, 0.4) is 0 Å². The largest absolute Gasteiger partial charge is 0.399 e. The highest BCUT2D eigenvalue weighted by Gasteiger charge is 2.10. The fourth-order valence-corrected chi connectivity index (χ4v) is 1.95. The minimum absolute atomic E-state index is 0.303. The molecule has 2 aromatic carbocycles. The van der Waals surface area contributed by atoms with E-state index in [0.717, 1.165) is 0 Å². The van der Waals surface area contributed by atoms with E-state index in [0.29, 0.717) is 27.0 Å². The molecular formula is C13H10Cl2N2O. The number of nitrogens with one attached hydrogen (secondary N) is 1. The smallest absolute Gasteiger partial charge is 0.257 e. The summed E-state index contributed by atoms with van der Waals surface area (Å²) in [6, 6.07) is 11.6. The van der Waals surface area contributed by atoms with Crippen molar-refractivity contribution in [2.75, 3.05) is 11.1 Å². The standard InChI is InChI=1S/C13H10Cl2N2O/c14-8-2-1-3-10(6-8)17-13(18)11-5-4-9(16)7-12(11)15/h1-7H,16H2,(H,17,18). The van der Waals surface area contributed by atoms with E-state index in [1.165, 1.54) is 6.07 Å². The third-order valence-corrected chi connectivity index (χ3v) is 2.87. The first-order valence-electron chi connectivity index (χ1n) is 5.18. The zero-order valence-electron chi connectivity index (χ0n) is 9.28. The molecule has 2 rings (SSSR count). The normalized spacial score (nSPS) is 10.1. The Balaban J connectivity index is 2.22. The molecule has 3 N–H and O–H groups in total. The molecule has 0 saturated carbocycles. The lowest BCUT2D eigenvalue weighted by Crippen LogP contribution is -2.12. The Bertz CT molecular complexity index is 599. The number of hydrogen-bond donors (Lipinski definition) is 2. The molecule has 1 amide bonds. The van der Waals surface area contributed by atoms with E-state index >= 15 is 0 Å². The maximum atomic E-state index is 12.0. The Labute approximate surface area is 115 Å². The van der Waals surface area contributed by atoms with Gasteiger partial charge in [-0.15, -0.1) is 0 Å². The lowest BCUT2D eigenvalue weighted by molar-refractivity contribution is 0.102. The SMILES string of the molecule is Nc1ccc(C(=O)Nc2cccc(Cl)c2)c(Cl)c1. The third-order valence-electron chi connectivity index (χ3n) is 2.32. The number of nitrogen functional groups attached to an aromatic ring is 1. The molecular weight excluding hydrogens is 271 g/mol. The summed E-state index contributed by atoms with van der Waals surface area (Å²) in [6.07, 6.45) is 0. The van der Waals surface area contributed by atoms with Crippen molar-refractivity contribution in [3.8, 4) is 0 Å². The van der Waals surface area contributed by atoms with Crippen molar-refractivity contribution >= 4 is 40.5 Å². The summed E-state index contributed by atoms with van der Waals surface area (Å²) in [5.74, 6) is -0.303. The Morgan fingerprint density at radius 2 is 1.89 bits per heavy atom. The summed E-state index contributed by atoms with van der Waals surface area (Å²) in [4.78, 5) is 12.0. The van der Waals surface area contributed by atoms with Gasteiger partial charge < -0.3 is 11.1 Å². The van der Waals surface area contributed by atoms with E-state index in [2.05, 4.69) is 5.32 Å². The quantitative estimate of drug-likeness (QED) is 0.822. The maximum Gasteiger partial charge on any atom is 0.257 e. The molecule has 0 aliphatic heterocycles. The van der Waals surface area contributed by atoms with Crippen LogP contribution in [0.25, 0.3) is 0 Å². The van der Waals surface area contributed by atoms with Crippen molar-refractivity contribution < 1.29 is 4.79 Å². The van der Waals surface area contributed by atoms with Crippen molar-refractivity contribution in [1.29, 1.82) is 0 Å². The van der Waals surface area contributed by atoms with E-state index in [-0.39, 0.29) is 5.91 Å². The predicted molar refractivity (Wildman–Crippen MR) is 75.3 cm³/mol. The van der Waals surface area contributed by atoms with E-state index in [1.54, 1.807) is 36.4 Å². The van der Waals surface area contributed by atoms with Crippen molar-refractivity contribution in [3.05, 3.63) is 58.1 Å². The molecule has 0 radical (unpaired) electrons. The van der Waals surface area contributed by atoms with Gasteiger partial charge >= 0.3 is 0 Å². The van der Waals surface area contributed by atoms with Gasteiger partial charge in [0, 0.05) is 16.4 Å². The first-order chi connectivity index (χ1) is 8.56. The summed E-state index contributed by atoms with van der Waals surface area (Å²) in [5.41, 5.74) is 7.06. The average molecular weight is 281 g/mol. The van der Waals surface area contributed by atoms with Gasteiger partial charge in [0.2, 0.25) is 0 Å². The number of nitrogens with two attached hydrogens (primary N) is 1. The van der Waals surface area contributed by atoms with Crippen LogP contribution in [0.2, 0.25) is 10.0 Å². The van der Waals surface area contributed by atoms with Crippen LogP contribution in [0.15, 0.2) is 42.5 Å². The van der Waals surface area contributed by atoms with Crippen LogP contribution in [0.4, 0.5) is 11.4 Å². The fraction of sp³-hybridized carbons (Fsp3) is 0. The zero-order chi connectivity index (χ0) is 13.1. The van der Waals surface area contributed by atoms with Crippen LogP contribution >= 0.6 is 23.2 Å². The lowest BCUT2D eigenvalue weighted by Gasteiger charge is -2.07. The van der Waals surface area contributed by atoms with Gasteiger partial charge in [0.1, 0.15) is 0 Å². The molecule has 0 bridgehead atoms. The van der Waals surface area contributed by atoms with Gasteiger partial charge in [0.25, 0.3) is 5.91 Å². The van der Waals surface area contributed by atoms with Crippen LogP contribution in [0, 0.1) is 0 Å². The van der Waals surface area contributed by atoms with Crippen molar-refractivity contribution in [2.24, 2.45) is 0 Å². The lowest BCUT2D eigenvalue weighted by atomic mass is 10.2. The van der Waals surface area contributed by atoms with Gasteiger partial charge in [-0.25, -0.2) is 0 Å². The highest BCUT2D eigenvalue weighted by molar-refractivity contribution is 6.34. The van der Waals surface area contributed by atoms with Gasteiger partial charge in [-0.3, -0.25) is 4.79 Å². The molecule has 0 unspecified atom stereocenters. The van der Waals surface area contributed by atoms with Gasteiger partial charge in [0.05, 0.1) is 10.6 Å². The van der Waals surface area contributed by atoms with Crippen LogP contribution in [0.1, 0.15) is 10.4 Å². The molecule has 5 heteroatoms. The minimum Gasteiger partial charge on any atom is -0.399 e. The summed E-state index contributed by atoms with van der Waals surface area (Å²) in [7, 11) is 0. The molecule has 0 heterocycles. The molecule has 2 aromatic rings. The van der Waals surface area contributed by atoms with Crippen LogP contribution in [-0.4, -0.2) is 5.91 Å². The Morgan fingerprint density at radius 1 is 1.11 bits per heavy atom. The number of halogens is 2. The molecule has 0 fully saturated rings. The monoisotopic (exact) mass is 280 g/mol. The Morgan fingerprint density at radius 3 is 2.56 bits per heavy atom. The summed E-state index contributed by atoms with van der Waals surface area (Å²) < 4.78 is 0. The molecule has 0 aliphatic carbocycles. The first kappa shape index (κ1) is 12.7. The van der Waals surface area contributed by atoms with Crippen LogP contribution < -0.4 is 11.1 Å². The first-order valence-corrected chi connectivity index (χ1v) is 5.94. The maximum absolute atomic E-state index is 12.0.